The van der Waals surface area contributed by atoms with Gasteiger partial charge in [0.05, 0.1) is 0 Å². The number of rotatable bonds is 9. The molecule has 0 aromatic heterocycles. The summed E-state index contributed by atoms with van der Waals surface area (Å²) in [6.45, 7) is 4.47. The molecule has 1 fully saturated rings. The highest BCUT2D eigenvalue weighted by molar-refractivity contribution is 5.84. The van der Waals surface area contributed by atoms with Gasteiger partial charge in [0.2, 0.25) is 0 Å². The lowest BCUT2D eigenvalue weighted by atomic mass is 9.78. The molecule has 0 amide bonds. The first-order chi connectivity index (χ1) is 16.1. The monoisotopic (exact) mass is 448 g/mol. The quantitative estimate of drug-likeness (QED) is 0.286. The van der Waals surface area contributed by atoms with Gasteiger partial charge in [0.25, 0.3) is 0 Å². The summed E-state index contributed by atoms with van der Waals surface area (Å²) < 4.78 is 29.8. The molecule has 0 aliphatic heterocycles. The van der Waals surface area contributed by atoms with Gasteiger partial charge < -0.3 is 0 Å². The van der Waals surface area contributed by atoms with Crippen molar-refractivity contribution in [1.29, 1.82) is 0 Å². The maximum Gasteiger partial charge on any atom is 0.166 e. The lowest BCUT2D eigenvalue weighted by molar-refractivity contribution is 0.319. The molecule has 176 valence electrons. The molecular formula is C31H38F2. The van der Waals surface area contributed by atoms with Crippen molar-refractivity contribution in [2.75, 3.05) is 0 Å². The molecule has 0 spiro atoms. The van der Waals surface area contributed by atoms with Gasteiger partial charge in [-0.15, -0.1) is 0 Å². The molecule has 0 N–H and O–H groups in total. The van der Waals surface area contributed by atoms with Gasteiger partial charge in [-0.2, -0.15) is 0 Å². The van der Waals surface area contributed by atoms with Crippen molar-refractivity contribution in [2.24, 2.45) is 5.92 Å². The Bertz CT molecular complexity index is 1040. The van der Waals surface area contributed by atoms with Crippen LogP contribution in [0.1, 0.15) is 93.4 Å². The SMILES string of the molecule is CCCCCc1ccc2cc(CCc3ccc(C4CCC(CC)CC4)cc3)c(F)c(F)c2c1. The summed E-state index contributed by atoms with van der Waals surface area (Å²) in [6, 6.07) is 16.5. The molecule has 1 aliphatic rings. The molecule has 0 unspecified atom stereocenters. The van der Waals surface area contributed by atoms with Crippen molar-refractivity contribution < 1.29 is 8.78 Å². The molecule has 0 saturated heterocycles. The van der Waals surface area contributed by atoms with Crippen LogP contribution >= 0.6 is 0 Å². The second kappa shape index (κ2) is 11.3. The zero-order valence-electron chi connectivity index (χ0n) is 20.3. The van der Waals surface area contributed by atoms with Gasteiger partial charge in [-0.25, -0.2) is 8.78 Å². The van der Waals surface area contributed by atoms with Crippen LogP contribution in [-0.4, -0.2) is 0 Å². The fraction of sp³-hybridized carbons (Fsp3) is 0.484. The van der Waals surface area contributed by atoms with E-state index in [2.05, 4.69) is 44.2 Å². The number of hydrogen-bond acceptors (Lipinski definition) is 0. The molecule has 0 nitrogen and oxygen atoms in total. The highest BCUT2D eigenvalue weighted by atomic mass is 19.2. The fourth-order valence-electron chi connectivity index (χ4n) is 5.49. The van der Waals surface area contributed by atoms with Crippen LogP contribution < -0.4 is 0 Å². The Balaban J connectivity index is 1.41. The normalized spacial score (nSPS) is 18.7. The highest BCUT2D eigenvalue weighted by Gasteiger charge is 2.21. The van der Waals surface area contributed by atoms with Crippen LogP contribution in [0.2, 0.25) is 0 Å². The average molecular weight is 449 g/mol. The third kappa shape index (κ3) is 5.83. The van der Waals surface area contributed by atoms with E-state index < -0.39 is 11.6 Å². The molecule has 1 saturated carbocycles. The summed E-state index contributed by atoms with van der Waals surface area (Å²) in [7, 11) is 0. The second-order valence-corrected chi connectivity index (χ2v) is 10.0. The molecule has 4 rings (SSSR count). The van der Waals surface area contributed by atoms with Crippen LogP contribution in [0.4, 0.5) is 8.78 Å². The number of hydrogen-bond donors (Lipinski definition) is 0. The summed E-state index contributed by atoms with van der Waals surface area (Å²) in [6.07, 6.45) is 12.1. The fourth-order valence-corrected chi connectivity index (χ4v) is 5.49. The Morgan fingerprint density at radius 1 is 0.727 bits per heavy atom. The van der Waals surface area contributed by atoms with E-state index >= 15 is 0 Å². The topological polar surface area (TPSA) is 0 Å². The van der Waals surface area contributed by atoms with E-state index in [0.29, 0.717) is 23.3 Å². The van der Waals surface area contributed by atoms with Crippen LogP contribution in [0.5, 0.6) is 0 Å². The van der Waals surface area contributed by atoms with Gasteiger partial charge in [-0.05, 0) is 103 Å². The van der Waals surface area contributed by atoms with Crippen molar-refractivity contribution in [3.8, 4) is 0 Å². The lowest BCUT2D eigenvalue weighted by Crippen LogP contribution is -2.12. The predicted molar refractivity (Wildman–Crippen MR) is 136 cm³/mol. The molecule has 3 aromatic carbocycles. The number of halogens is 2. The van der Waals surface area contributed by atoms with Crippen LogP contribution in [0.15, 0.2) is 48.5 Å². The van der Waals surface area contributed by atoms with E-state index in [1.165, 1.54) is 43.2 Å². The number of unbranched alkanes of at least 4 members (excludes halogenated alkanes) is 2. The molecule has 2 heteroatoms. The van der Waals surface area contributed by atoms with Crippen LogP contribution in [-0.2, 0) is 19.3 Å². The highest BCUT2D eigenvalue weighted by Crippen LogP contribution is 2.37. The Hall–Kier alpha value is -2.22. The van der Waals surface area contributed by atoms with E-state index in [1.807, 2.05) is 18.2 Å². The Kier molecular flexibility index (Phi) is 8.17. The van der Waals surface area contributed by atoms with Crippen molar-refractivity contribution in [3.63, 3.8) is 0 Å². The molecule has 0 radical (unpaired) electrons. The van der Waals surface area contributed by atoms with Gasteiger partial charge in [0.15, 0.2) is 11.6 Å². The van der Waals surface area contributed by atoms with Crippen LogP contribution in [0.3, 0.4) is 0 Å². The van der Waals surface area contributed by atoms with Gasteiger partial charge in [0, 0.05) is 5.39 Å². The third-order valence-corrected chi connectivity index (χ3v) is 7.79. The van der Waals surface area contributed by atoms with Gasteiger partial charge >= 0.3 is 0 Å². The number of fused-ring (bicyclic) bond motifs is 1. The van der Waals surface area contributed by atoms with E-state index in [9.17, 15) is 8.78 Å². The predicted octanol–water partition coefficient (Wildman–Crippen LogP) is 9.32. The van der Waals surface area contributed by atoms with Gasteiger partial charge in [-0.1, -0.05) is 69.5 Å². The smallest absolute Gasteiger partial charge is 0.166 e. The summed E-state index contributed by atoms with van der Waals surface area (Å²) in [4.78, 5) is 0. The molecule has 1 aliphatic carbocycles. The van der Waals surface area contributed by atoms with Gasteiger partial charge in [0.1, 0.15) is 0 Å². The zero-order chi connectivity index (χ0) is 23.2. The summed E-state index contributed by atoms with van der Waals surface area (Å²) in [5.41, 5.74) is 4.18. The van der Waals surface area contributed by atoms with Crippen molar-refractivity contribution in [1.82, 2.24) is 0 Å². The van der Waals surface area contributed by atoms with Gasteiger partial charge in [-0.3, -0.25) is 0 Å². The largest absolute Gasteiger partial charge is 0.203 e. The first kappa shape index (κ1) is 23.9. The van der Waals surface area contributed by atoms with Crippen molar-refractivity contribution >= 4 is 10.8 Å². The third-order valence-electron chi connectivity index (χ3n) is 7.79. The molecule has 3 aromatic rings. The second-order valence-electron chi connectivity index (χ2n) is 10.0. The number of benzene rings is 3. The van der Waals surface area contributed by atoms with Crippen molar-refractivity contribution in [3.05, 3.63) is 82.4 Å². The Morgan fingerprint density at radius 2 is 1.45 bits per heavy atom. The molecular weight excluding hydrogens is 410 g/mol. The van der Waals surface area contributed by atoms with E-state index in [-0.39, 0.29) is 0 Å². The summed E-state index contributed by atoms with van der Waals surface area (Å²) >= 11 is 0. The summed E-state index contributed by atoms with van der Waals surface area (Å²) in [5.74, 6) is 0.210. The summed E-state index contributed by atoms with van der Waals surface area (Å²) in [5, 5.41) is 1.20. The van der Waals surface area contributed by atoms with Crippen molar-refractivity contribution in [2.45, 2.75) is 90.4 Å². The first-order valence-corrected chi connectivity index (χ1v) is 13.1. The average Bonchev–Trinajstić information content (AvgIpc) is 2.86. The minimum Gasteiger partial charge on any atom is -0.203 e. The standard InChI is InChI=1S/C31H38F2/c1-3-5-6-7-24-13-18-27-21-28(30(32)31(33)29(27)20-24)19-12-23-10-16-26(17-11-23)25-14-8-22(4-2)9-15-25/h10-11,13,16-18,20-22,25H,3-9,12,14-15,19H2,1-2H3. The van der Waals surface area contributed by atoms with E-state index in [4.69, 9.17) is 0 Å². The Labute approximate surface area is 198 Å². The minimum absolute atomic E-state index is 0.410. The molecule has 33 heavy (non-hydrogen) atoms. The zero-order valence-corrected chi connectivity index (χ0v) is 20.3. The van der Waals surface area contributed by atoms with E-state index in [0.717, 1.165) is 49.0 Å². The molecule has 0 heterocycles. The molecule has 0 bridgehead atoms. The maximum atomic E-state index is 14.9. The number of aryl methyl sites for hydroxylation is 3. The van der Waals surface area contributed by atoms with Crippen LogP contribution in [0, 0.1) is 17.6 Å². The maximum absolute atomic E-state index is 14.9. The molecule has 0 atom stereocenters. The first-order valence-electron chi connectivity index (χ1n) is 13.1. The van der Waals surface area contributed by atoms with Crippen LogP contribution in [0.25, 0.3) is 10.8 Å². The Morgan fingerprint density at radius 3 is 2.15 bits per heavy atom. The minimum atomic E-state index is -0.696. The van der Waals surface area contributed by atoms with E-state index in [1.54, 1.807) is 0 Å². The lowest BCUT2D eigenvalue weighted by Gasteiger charge is -2.28.